The summed E-state index contributed by atoms with van der Waals surface area (Å²) in [7, 11) is 0. The van der Waals surface area contributed by atoms with Crippen LogP contribution in [0.4, 0.5) is 0 Å². The van der Waals surface area contributed by atoms with Gasteiger partial charge in [0.2, 0.25) is 0 Å². The highest BCUT2D eigenvalue weighted by atomic mass is 15.2. The fourth-order valence-electron chi connectivity index (χ4n) is 1.19. The first-order valence-corrected chi connectivity index (χ1v) is 5.24. The summed E-state index contributed by atoms with van der Waals surface area (Å²) in [5, 5.41) is 7.84. The van der Waals surface area contributed by atoms with Crippen molar-refractivity contribution in [3.8, 4) is 0 Å². The summed E-state index contributed by atoms with van der Waals surface area (Å²) in [5.74, 6) is 0.919. The Hall–Kier alpha value is -0.730. The monoisotopic (exact) mass is 195 g/mol. The van der Waals surface area contributed by atoms with E-state index in [1.165, 1.54) is 0 Å². The second kappa shape index (κ2) is 3.79. The van der Waals surface area contributed by atoms with Crippen LogP contribution in [0.5, 0.6) is 0 Å². The molecule has 0 atom stereocenters. The molecule has 14 heavy (non-hydrogen) atoms. The van der Waals surface area contributed by atoms with E-state index in [1.807, 2.05) is 0 Å². The summed E-state index contributed by atoms with van der Waals surface area (Å²) < 4.78 is 0. The Morgan fingerprint density at radius 1 is 1.14 bits per heavy atom. The van der Waals surface area contributed by atoms with Crippen molar-refractivity contribution in [1.82, 2.24) is 0 Å². The van der Waals surface area contributed by atoms with E-state index in [0.29, 0.717) is 17.5 Å². The van der Waals surface area contributed by atoms with Crippen molar-refractivity contribution in [1.29, 1.82) is 0 Å². The number of nitrogens with zero attached hydrogens (tertiary/aromatic N) is 3. The van der Waals surface area contributed by atoms with Crippen molar-refractivity contribution in [2.75, 3.05) is 6.67 Å². The molecule has 0 aliphatic carbocycles. The Labute approximate surface area is 86.7 Å². The number of rotatable bonds is 3. The first kappa shape index (κ1) is 11.3. The van der Waals surface area contributed by atoms with Crippen molar-refractivity contribution in [2.24, 2.45) is 26.1 Å². The summed E-state index contributed by atoms with van der Waals surface area (Å²) in [6.07, 6.45) is 2.07. The largest absolute Gasteiger partial charge is 0.243 e. The number of hydrogen-bond donors (Lipinski definition) is 0. The van der Waals surface area contributed by atoms with Gasteiger partial charge in [-0.2, -0.15) is 5.11 Å². The van der Waals surface area contributed by atoms with Crippen molar-refractivity contribution < 1.29 is 0 Å². The average Bonchev–Trinajstić information content (AvgIpc) is 2.50. The Morgan fingerprint density at radius 3 is 2.21 bits per heavy atom. The quantitative estimate of drug-likeness (QED) is 0.659. The van der Waals surface area contributed by atoms with Crippen molar-refractivity contribution in [3.63, 3.8) is 0 Å². The van der Waals surface area contributed by atoms with Crippen LogP contribution >= 0.6 is 0 Å². The number of azo groups is 1. The van der Waals surface area contributed by atoms with Crippen LogP contribution in [-0.2, 0) is 0 Å². The maximum Gasteiger partial charge on any atom is 0.152 e. The third kappa shape index (κ3) is 2.63. The summed E-state index contributed by atoms with van der Waals surface area (Å²) in [6, 6.07) is 0. The minimum atomic E-state index is 0.313. The molecule has 0 bridgehead atoms. The molecule has 0 amide bonds. The van der Waals surface area contributed by atoms with Gasteiger partial charge in [0.25, 0.3) is 0 Å². The lowest BCUT2D eigenvalue weighted by atomic mass is 9.67. The third-order valence-corrected chi connectivity index (χ3v) is 3.51. The van der Waals surface area contributed by atoms with Gasteiger partial charge in [-0.25, -0.2) is 4.99 Å². The Balaban J connectivity index is 2.48. The molecule has 0 fully saturated rings. The molecule has 1 heterocycles. The summed E-state index contributed by atoms with van der Waals surface area (Å²) >= 11 is 0. The highest BCUT2D eigenvalue weighted by Crippen LogP contribution is 2.41. The molecule has 0 saturated carbocycles. The van der Waals surface area contributed by atoms with Gasteiger partial charge in [0.15, 0.2) is 6.67 Å². The van der Waals surface area contributed by atoms with Crippen LogP contribution in [0.25, 0.3) is 0 Å². The zero-order valence-electron chi connectivity index (χ0n) is 9.96. The van der Waals surface area contributed by atoms with E-state index < -0.39 is 0 Å². The molecule has 1 rings (SSSR count). The van der Waals surface area contributed by atoms with Crippen molar-refractivity contribution in [3.05, 3.63) is 0 Å². The smallest absolute Gasteiger partial charge is 0.152 e. The molecular formula is C11H21N3. The lowest BCUT2D eigenvalue weighted by molar-refractivity contribution is 0.122. The van der Waals surface area contributed by atoms with E-state index >= 15 is 0 Å². The molecule has 0 saturated heterocycles. The fraction of sp³-hybridized carbons (Fsp3) is 0.909. The fourth-order valence-corrected chi connectivity index (χ4v) is 1.19. The number of aliphatic imine (C=N–C) groups is 1. The molecule has 1 aliphatic heterocycles. The van der Waals surface area contributed by atoms with E-state index in [9.17, 15) is 0 Å². The Kier molecular flexibility index (Phi) is 3.07. The van der Waals surface area contributed by atoms with Gasteiger partial charge in [-0.1, -0.05) is 34.6 Å². The van der Waals surface area contributed by atoms with Gasteiger partial charge in [-0.15, -0.1) is 5.11 Å². The third-order valence-electron chi connectivity index (χ3n) is 3.51. The van der Waals surface area contributed by atoms with E-state index in [-0.39, 0.29) is 0 Å². The van der Waals surface area contributed by atoms with Gasteiger partial charge >= 0.3 is 0 Å². The molecule has 0 N–H and O–H groups in total. The molecule has 3 heteroatoms. The second-order valence-corrected chi connectivity index (χ2v) is 5.59. The zero-order chi connectivity index (χ0) is 10.8. The van der Waals surface area contributed by atoms with Gasteiger partial charge in [0.1, 0.15) is 5.84 Å². The standard InChI is InChI=1S/C11H21N3/c1-10(2,3)11(4,5)7-6-9-12-8-13-14-9/h6-8H2,1-5H3. The molecule has 80 valence electrons. The first-order chi connectivity index (χ1) is 6.33. The zero-order valence-corrected chi connectivity index (χ0v) is 9.96. The van der Waals surface area contributed by atoms with Gasteiger partial charge < -0.3 is 0 Å². The van der Waals surface area contributed by atoms with Gasteiger partial charge in [-0.05, 0) is 17.3 Å². The maximum atomic E-state index is 4.20. The summed E-state index contributed by atoms with van der Waals surface area (Å²) in [4.78, 5) is 4.20. The van der Waals surface area contributed by atoms with Gasteiger partial charge in [0.05, 0.1) is 0 Å². The predicted molar refractivity (Wildman–Crippen MR) is 59.6 cm³/mol. The number of hydrogen-bond acceptors (Lipinski definition) is 3. The van der Waals surface area contributed by atoms with Gasteiger partial charge in [-0.3, -0.25) is 0 Å². The predicted octanol–water partition coefficient (Wildman–Crippen LogP) is 3.66. The normalized spacial score (nSPS) is 17.4. The van der Waals surface area contributed by atoms with Crippen LogP contribution < -0.4 is 0 Å². The van der Waals surface area contributed by atoms with Crippen LogP contribution in [-0.4, -0.2) is 12.5 Å². The second-order valence-electron chi connectivity index (χ2n) is 5.59. The van der Waals surface area contributed by atoms with Crippen LogP contribution in [0.1, 0.15) is 47.5 Å². The molecule has 3 nitrogen and oxygen atoms in total. The average molecular weight is 195 g/mol. The van der Waals surface area contributed by atoms with E-state index in [1.54, 1.807) is 0 Å². The highest BCUT2D eigenvalue weighted by Gasteiger charge is 2.32. The van der Waals surface area contributed by atoms with Crippen LogP contribution in [0, 0.1) is 10.8 Å². The van der Waals surface area contributed by atoms with Crippen molar-refractivity contribution in [2.45, 2.75) is 47.5 Å². The minimum Gasteiger partial charge on any atom is -0.243 e. The molecule has 0 aromatic carbocycles. The molecule has 0 aromatic rings. The van der Waals surface area contributed by atoms with Crippen LogP contribution in [0.15, 0.2) is 15.2 Å². The first-order valence-electron chi connectivity index (χ1n) is 5.24. The molecule has 1 aliphatic rings. The number of amidine groups is 1. The van der Waals surface area contributed by atoms with Crippen LogP contribution in [0.3, 0.4) is 0 Å². The molecule has 0 aromatic heterocycles. The Bertz CT molecular complexity index is 256. The minimum absolute atomic E-state index is 0.313. The van der Waals surface area contributed by atoms with Crippen LogP contribution in [0.2, 0.25) is 0 Å². The summed E-state index contributed by atoms with van der Waals surface area (Å²) in [5.41, 5.74) is 0.636. The maximum absolute atomic E-state index is 4.20. The molecule has 0 unspecified atom stereocenters. The van der Waals surface area contributed by atoms with Crippen molar-refractivity contribution >= 4 is 5.84 Å². The lowest BCUT2D eigenvalue weighted by Crippen LogP contribution is -2.29. The summed E-state index contributed by atoms with van der Waals surface area (Å²) in [6.45, 7) is 12.0. The van der Waals surface area contributed by atoms with Gasteiger partial charge in [0, 0.05) is 6.42 Å². The Morgan fingerprint density at radius 2 is 1.79 bits per heavy atom. The molecular weight excluding hydrogens is 174 g/mol. The highest BCUT2D eigenvalue weighted by molar-refractivity contribution is 5.83. The van der Waals surface area contributed by atoms with E-state index in [2.05, 4.69) is 49.8 Å². The van der Waals surface area contributed by atoms with E-state index in [0.717, 1.165) is 18.7 Å². The molecule has 0 spiro atoms. The SMILES string of the molecule is CC(C)(C)C(C)(C)CCC1=NCN=N1. The topological polar surface area (TPSA) is 37.1 Å². The lowest BCUT2D eigenvalue weighted by Gasteiger charge is -2.38. The molecule has 0 radical (unpaired) electrons. The van der Waals surface area contributed by atoms with E-state index in [4.69, 9.17) is 0 Å².